The lowest BCUT2D eigenvalue weighted by atomic mass is 10.3. The maximum absolute atomic E-state index is 14.8. The first-order valence-electron chi connectivity index (χ1n) is 9.93. The number of hydrogen-bond donors (Lipinski definition) is 3. The van der Waals surface area contributed by atoms with Gasteiger partial charge in [0.1, 0.15) is 0 Å². The van der Waals surface area contributed by atoms with Gasteiger partial charge in [0.05, 0.1) is 0 Å². The molecule has 0 aliphatic rings. The van der Waals surface area contributed by atoms with Crippen LogP contribution >= 0.6 is 7.14 Å². The molecular formula is C24H24N3O4P. The largest absolute Gasteiger partial charge is 0.326 e. The van der Waals surface area contributed by atoms with E-state index in [9.17, 15) is 18.9 Å². The van der Waals surface area contributed by atoms with Crippen LogP contribution in [-0.2, 0) is 18.9 Å². The molecule has 0 radical (unpaired) electrons. The van der Waals surface area contributed by atoms with Gasteiger partial charge in [-0.15, -0.1) is 0 Å². The van der Waals surface area contributed by atoms with Crippen LogP contribution in [0, 0.1) is 0 Å². The predicted molar refractivity (Wildman–Crippen MR) is 129 cm³/mol. The second kappa shape index (κ2) is 9.62. The zero-order valence-electron chi connectivity index (χ0n) is 18.0. The quantitative estimate of drug-likeness (QED) is 0.503. The molecule has 0 unspecified atom stereocenters. The monoisotopic (exact) mass is 449 g/mol. The minimum absolute atomic E-state index is 0.239. The van der Waals surface area contributed by atoms with Crippen molar-refractivity contribution in [2.24, 2.45) is 0 Å². The number of nitrogens with one attached hydrogen (secondary N) is 3. The molecule has 8 heteroatoms. The molecule has 0 saturated carbocycles. The third kappa shape index (κ3) is 5.31. The van der Waals surface area contributed by atoms with Crippen molar-refractivity contribution < 1.29 is 18.9 Å². The maximum atomic E-state index is 14.8. The van der Waals surface area contributed by atoms with Crippen LogP contribution in [0.25, 0.3) is 0 Å². The van der Waals surface area contributed by atoms with Gasteiger partial charge < -0.3 is 20.5 Å². The zero-order chi connectivity index (χ0) is 23.3. The molecule has 0 aromatic heterocycles. The van der Waals surface area contributed by atoms with Crippen LogP contribution in [0.15, 0.2) is 72.8 Å². The highest BCUT2D eigenvalue weighted by atomic mass is 31.2. The summed E-state index contributed by atoms with van der Waals surface area (Å²) in [7, 11) is -3.44. The van der Waals surface area contributed by atoms with Gasteiger partial charge in [-0.05, 0) is 36.4 Å². The Hall–Kier alpha value is -3.70. The summed E-state index contributed by atoms with van der Waals surface area (Å²) >= 11 is 0. The summed E-state index contributed by atoms with van der Waals surface area (Å²) in [5, 5.41) is 9.67. The van der Waals surface area contributed by atoms with Crippen LogP contribution in [0.2, 0.25) is 0 Å². The Morgan fingerprint density at radius 2 is 0.844 bits per heavy atom. The molecule has 0 fully saturated rings. The summed E-state index contributed by atoms with van der Waals surface area (Å²) in [6.45, 7) is 4.21. The third-order valence-corrected chi connectivity index (χ3v) is 7.61. The summed E-state index contributed by atoms with van der Waals surface area (Å²) in [5.74, 6) is -0.716. The number of carbonyl (C=O) groups excluding carboxylic acids is 3. The van der Waals surface area contributed by atoms with Gasteiger partial charge in [0.25, 0.3) is 0 Å². The van der Waals surface area contributed by atoms with E-state index in [-0.39, 0.29) is 17.7 Å². The standard InChI is InChI=1S/C24H24N3O4P/c1-16(28)25-19-7-4-10-22(13-19)32(31,23-11-5-8-20(14-23)26-17(2)29)24-12-6-9-21(15-24)27-18(3)30/h4-15H,1-3H3,(H,25,28)(H,26,29)(H,27,30). The highest BCUT2D eigenvalue weighted by Gasteiger charge is 2.31. The minimum atomic E-state index is -3.44. The van der Waals surface area contributed by atoms with Crippen molar-refractivity contribution in [1.82, 2.24) is 0 Å². The van der Waals surface area contributed by atoms with Crippen LogP contribution in [0.3, 0.4) is 0 Å². The van der Waals surface area contributed by atoms with Gasteiger partial charge >= 0.3 is 0 Å². The Morgan fingerprint density at radius 1 is 0.562 bits per heavy atom. The first kappa shape index (κ1) is 23.0. The highest BCUT2D eigenvalue weighted by molar-refractivity contribution is 7.85. The van der Waals surface area contributed by atoms with Crippen LogP contribution in [0.1, 0.15) is 20.8 Å². The summed E-state index contributed by atoms with van der Waals surface area (Å²) in [6, 6.07) is 20.6. The van der Waals surface area contributed by atoms with Gasteiger partial charge in [-0.1, -0.05) is 36.4 Å². The van der Waals surface area contributed by atoms with E-state index in [0.717, 1.165) is 0 Å². The van der Waals surface area contributed by atoms with E-state index < -0.39 is 7.14 Å². The summed E-state index contributed by atoms with van der Waals surface area (Å²) < 4.78 is 14.8. The van der Waals surface area contributed by atoms with Crippen LogP contribution in [-0.4, -0.2) is 17.7 Å². The van der Waals surface area contributed by atoms with Crippen molar-refractivity contribution >= 4 is 57.8 Å². The molecule has 0 aliphatic carbocycles. The molecule has 0 bridgehead atoms. The summed E-state index contributed by atoms with van der Waals surface area (Å²) in [6.07, 6.45) is 0. The number of carbonyl (C=O) groups is 3. The SMILES string of the molecule is CC(=O)Nc1cccc(P(=O)(c2cccc(NC(C)=O)c2)c2cccc(NC(C)=O)c2)c1. The van der Waals surface area contributed by atoms with E-state index in [4.69, 9.17) is 0 Å². The molecule has 0 spiro atoms. The average Bonchev–Trinajstić information content (AvgIpc) is 2.72. The fraction of sp³-hybridized carbons (Fsp3) is 0.125. The average molecular weight is 449 g/mol. The van der Waals surface area contributed by atoms with Crippen molar-refractivity contribution in [3.63, 3.8) is 0 Å². The lowest BCUT2D eigenvalue weighted by Gasteiger charge is -2.22. The smallest absolute Gasteiger partial charge is 0.221 e. The molecule has 7 nitrogen and oxygen atoms in total. The number of amides is 3. The van der Waals surface area contributed by atoms with E-state index in [0.29, 0.717) is 33.0 Å². The Kier molecular flexibility index (Phi) is 6.91. The Bertz CT molecular complexity index is 1090. The number of anilines is 3. The van der Waals surface area contributed by atoms with Gasteiger partial charge in [-0.25, -0.2) is 0 Å². The molecule has 3 rings (SSSR count). The van der Waals surface area contributed by atoms with Crippen molar-refractivity contribution in [2.45, 2.75) is 20.8 Å². The van der Waals surface area contributed by atoms with E-state index in [1.165, 1.54) is 20.8 Å². The van der Waals surface area contributed by atoms with Crippen molar-refractivity contribution in [3.05, 3.63) is 72.8 Å². The number of benzene rings is 3. The molecule has 3 aromatic carbocycles. The van der Waals surface area contributed by atoms with Crippen LogP contribution in [0.4, 0.5) is 17.1 Å². The molecule has 0 saturated heterocycles. The molecule has 3 amide bonds. The highest BCUT2D eigenvalue weighted by Crippen LogP contribution is 2.43. The van der Waals surface area contributed by atoms with Gasteiger partial charge in [-0.2, -0.15) is 0 Å². The molecule has 3 N–H and O–H groups in total. The summed E-state index contributed by atoms with van der Waals surface area (Å²) in [4.78, 5) is 34.6. The van der Waals surface area contributed by atoms with Crippen molar-refractivity contribution in [2.75, 3.05) is 16.0 Å². The molecule has 0 aliphatic heterocycles. The molecular weight excluding hydrogens is 425 g/mol. The second-order valence-electron chi connectivity index (χ2n) is 7.30. The van der Waals surface area contributed by atoms with Crippen molar-refractivity contribution in [1.29, 1.82) is 0 Å². The topological polar surface area (TPSA) is 104 Å². The fourth-order valence-corrected chi connectivity index (χ4v) is 6.14. The third-order valence-electron chi connectivity index (χ3n) is 4.59. The van der Waals surface area contributed by atoms with E-state index in [2.05, 4.69) is 16.0 Å². The zero-order valence-corrected chi connectivity index (χ0v) is 18.9. The predicted octanol–water partition coefficient (Wildman–Crippen LogP) is 3.20. The van der Waals surface area contributed by atoms with E-state index >= 15 is 0 Å². The first-order valence-corrected chi connectivity index (χ1v) is 11.6. The van der Waals surface area contributed by atoms with E-state index in [1.54, 1.807) is 72.8 Å². The molecule has 0 atom stereocenters. The second-order valence-corrected chi connectivity index (χ2v) is 10.1. The molecule has 3 aromatic rings. The Labute approximate surface area is 186 Å². The van der Waals surface area contributed by atoms with Crippen LogP contribution < -0.4 is 31.9 Å². The lowest BCUT2D eigenvalue weighted by Crippen LogP contribution is -2.26. The van der Waals surface area contributed by atoms with E-state index in [1.807, 2.05) is 0 Å². The molecule has 0 heterocycles. The lowest BCUT2D eigenvalue weighted by molar-refractivity contribution is -0.115. The fourth-order valence-electron chi connectivity index (χ4n) is 3.40. The number of rotatable bonds is 6. The number of hydrogen-bond acceptors (Lipinski definition) is 4. The van der Waals surface area contributed by atoms with Gasteiger partial charge in [0.2, 0.25) is 17.7 Å². The minimum Gasteiger partial charge on any atom is -0.326 e. The Morgan fingerprint density at radius 3 is 1.09 bits per heavy atom. The molecule has 32 heavy (non-hydrogen) atoms. The summed E-state index contributed by atoms with van der Waals surface area (Å²) in [5.41, 5.74) is 1.56. The van der Waals surface area contributed by atoms with Gasteiger partial charge in [0.15, 0.2) is 7.14 Å². The Balaban J connectivity index is 2.23. The molecule has 164 valence electrons. The first-order chi connectivity index (χ1) is 15.2. The normalized spacial score (nSPS) is 10.8. The van der Waals surface area contributed by atoms with Crippen molar-refractivity contribution in [3.8, 4) is 0 Å². The van der Waals surface area contributed by atoms with Gasteiger partial charge in [0, 0.05) is 53.7 Å². The van der Waals surface area contributed by atoms with Gasteiger partial charge in [-0.3, -0.25) is 14.4 Å². The van der Waals surface area contributed by atoms with Crippen LogP contribution in [0.5, 0.6) is 0 Å². The maximum Gasteiger partial charge on any atom is 0.221 e.